The van der Waals surface area contributed by atoms with E-state index in [9.17, 15) is 4.79 Å². The van der Waals surface area contributed by atoms with Gasteiger partial charge in [0.15, 0.2) is 11.4 Å². The Kier molecular flexibility index (Phi) is 7.04. The molecule has 0 aromatic carbocycles. The van der Waals surface area contributed by atoms with Gasteiger partial charge in [0.25, 0.3) is 12.4 Å². The van der Waals surface area contributed by atoms with E-state index in [1.165, 1.54) is 6.26 Å². The average Bonchev–Trinajstić information content (AvgIpc) is 2.65. The highest BCUT2D eigenvalue weighted by molar-refractivity contribution is 6.01. The van der Waals surface area contributed by atoms with Gasteiger partial charge in [-0.25, -0.2) is 4.98 Å². The van der Waals surface area contributed by atoms with Crippen molar-refractivity contribution in [2.24, 2.45) is 0 Å². The van der Waals surface area contributed by atoms with Crippen molar-refractivity contribution in [2.45, 2.75) is 18.9 Å². The van der Waals surface area contributed by atoms with E-state index in [2.05, 4.69) is 33.8 Å². The summed E-state index contributed by atoms with van der Waals surface area (Å²) in [6.45, 7) is 5.29. The number of ether oxygens (including phenoxy) is 1. The fourth-order valence-electron chi connectivity index (χ4n) is 2.80. The molecule has 0 saturated carbocycles. The highest BCUT2D eigenvalue weighted by Crippen LogP contribution is 2.27. The minimum atomic E-state index is -0.250. The molecule has 2 aromatic rings. The van der Waals surface area contributed by atoms with Gasteiger partial charge in [-0.05, 0) is 45.1 Å². The minimum absolute atomic E-state index is 0.168. The summed E-state index contributed by atoms with van der Waals surface area (Å²) in [5.41, 5.74) is 0.949. The molecule has 1 amide bonds. The van der Waals surface area contributed by atoms with Crippen molar-refractivity contribution >= 4 is 23.3 Å². The Balaban J connectivity index is 0.000000758. The van der Waals surface area contributed by atoms with E-state index >= 15 is 0 Å². The molecule has 1 aliphatic heterocycles. The Morgan fingerprint density at radius 2 is 2.12 bits per heavy atom. The van der Waals surface area contributed by atoms with Crippen molar-refractivity contribution in [1.29, 1.82) is 0 Å². The van der Waals surface area contributed by atoms with Crippen molar-refractivity contribution in [3.8, 4) is 5.75 Å². The largest absolute Gasteiger partial charge is 0.483 e. The van der Waals surface area contributed by atoms with E-state index in [-0.39, 0.29) is 24.1 Å². The predicted octanol–water partition coefficient (Wildman–Crippen LogP) is 1.68. The number of carbonyl (C=O) groups excluding carboxylic acids is 1. The Morgan fingerprint density at radius 1 is 1.42 bits per heavy atom. The molecule has 8 heteroatoms. The summed E-state index contributed by atoms with van der Waals surface area (Å²) < 4.78 is 5.47. The molecule has 8 nitrogen and oxygen atoms in total. The van der Waals surface area contributed by atoms with Crippen LogP contribution >= 0.6 is 0 Å². The van der Waals surface area contributed by atoms with Crippen LogP contribution in [0.2, 0.25) is 0 Å². The van der Waals surface area contributed by atoms with Gasteiger partial charge in [-0.15, -0.1) is 0 Å². The summed E-state index contributed by atoms with van der Waals surface area (Å²) in [5, 5.41) is 10.7. The van der Waals surface area contributed by atoms with Crippen LogP contribution in [0.15, 0.2) is 37.4 Å². The number of fused-ring (bicyclic) bond motifs is 1. The van der Waals surface area contributed by atoms with Crippen molar-refractivity contribution < 1.29 is 19.4 Å². The molecule has 2 N–H and O–H groups in total. The van der Waals surface area contributed by atoms with Crippen LogP contribution in [-0.4, -0.2) is 58.5 Å². The second kappa shape index (κ2) is 9.47. The van der Waals surface area contributed by atoms with E-state index in [0.717, 1.165) is 31.3 Å². The third-order valence-electron chi connectivity index (χ3n) is 4.08. The Hall–Kier alpha value is -3.00. The fourth-order valence-corrected chi connectivity index (χ4v) is 2.80. The lowest BCUT2D eigenvalue weighted by atomic mass is 10.1. The van der Waals surface area contributed by atoms with Crippen LogP contribution in [0.3, 0.4) is 0 Å². The molecule has 138 valence electrons. The molecule has 1 saturated heterocycles. The molecule has 0 atom stereocenters. The first-order valence-electron chi connectivity index (χ1n) is 8.19. The normalized spacial score (nSPS) is 14.8. The molecule has 0 spiro atoms. The molecule has 3 rings (SSSR count). The van der Waals surface area contributed by atoms with Crippen LogP contribution in [0, 0.1) is 0 Å². The third kappa shape index (κ3) is 4.76. The summed E-state index contributed by atoms with van der Waals surface area (Å²) >= 11 is 0. The predicted molar refractivity (Wildman–Crippen MR) is 97.0 cm³/mol. The Morgan fingerprint density at radius 3 is 2.77 bits per heavy atom. The van der Waals surface area contributed by atoms with Gasteiger partial charge in [-0.3, -0.25) is 14.6 Å². The van der Waals surface area contributed by atoms with Crippen LogP contribution in [0.5, 0.6) is 5.75 Å². The van der Waals surface area contributed by atoms with Crippen LogP contribution < -0.4 is 10.1 Å². The van der Waals surface area contributed by atoms with Crippen molar-refractivity contribution in [3.05, 3.63) is 43.1 Å². The number of piperidine rings is 1. The van der Waals surface area contributed by atoms with E-state index < -0.39 is 0 Å². The number of carboxylic acid groups (broad SMARTS) is 1. The lowest BCUT2D eigenvalue weighted by molar-refractivity contribution is -0.122. The molecule has 3 heterocycles. The lowest BCUT2D eigenvalue weighted by Gasteiger charge is -2.29. The van der Waals surface area contributed by atoms with Crippen LogP contribution in [0.25, 0.3) is 10.9 Å². The van der Waals surface area contributed by atoms with Crippen molar-refractivity contribution in [1.82, 2.24) is 20.2 Å². The maximum Gasteiger partial charge on any atom is 0.290 e. The fraction of sp³-hybridized carbons (Fsp3) is 0.333. The zero-order valence-electron chi connectivity index (χ0n) is 14.6. The second-order valence-corrected chi connectivity index (χ2v) is 5.81. The number of nitrogens with zero attached hydrogens (tertiary/aromatic N) is 3. The monoisotopic (exact) mass is 358 g/mol. The van der Waals surface area contributed by atoms with Crippen molar-refractivity contribution in [2.75, 3.05) is 20.1 Å². The number of amides is 1. The van der Waals surface area contributed by atoms with Gasteiger partial charge in [0, 0.05) is 17.6 Å². The van der Waals surface area contributed by atoms with Gasteiger partial charge in [-0.1, -0.05) is 6.58 Å². The first-order valence-corrected chi connectivity index (χ1v) is 8.19. The number of aromatic nitrogens is 2. The highest BCUT2D eigenvalue weighted by Gasteiger charge is 2.23. The van der Waals surface area contributed by atoms with Crippen LogP contribution in [0.1, 0.15) is 23.3 Å². The summed E-state index contributed by atoms with van der Waals surface area (Å²) in [6.07, 6.45) is 6.45. The molecular formula is C18H22N4O4. The summed E-state index contributed by atoms with van der Waals surface area (Å²) in [4.78, 5) is 31.7. The highest BCUT2D eigenvalue weighted by atomic mass is 16.5. The number of likely N-dealkylation sites (tertiary alicyclic amines) is 1. The van der Waals surface area contributed by atoms with Crippen LogP contribution in [-0.2, 0) is 4.79 Å². The smallest absolute Gasteiger partial charge is 0.290 e. The van der Waals surface area contributed by atoms with Crippen LogP contribution in [0.4, 0.5) is 0 Å². The number of hydrogen-bond acceptors (Lipinski definition) is 6. The molecule has 1 aliphatic rings. The topological polar surface area (TPSA) is 105 Å². The lowest BCUT2D eigenvalue weighted by Crippen LogP contribution is -2.43. The molecular weight excluding hydrogens is 336 g/mol. The third-order valence-corrected chi connectivity index (χ3v) is 4.08. The average molecular weight is 358 g/mol. The van der Waals surface area contributed by atoms with Gasteiger partial charge < -0.3 is 20.1 Å². The van der Waals surface area contributed by atoms with Crippen molar-refractivity contribution in [3.63, 3.8) is 0 Å². The number of nitrogens with one attached hydrogen (secondary N) is 1. The zero-order valence-corrected chi connectivity index (χ0v) is 14.6. The summed E-state index contributed by atoms with van der Waals surface area (Å²) in [6, 6.07) is 3.83. The van der Waals surface area contributed by atoms with E-state index in [1.807, 2.05) is 6.07 Å². The number of pyridine rings is 2. The molecule has 0 radical (unpaired) electrons. The van der Waals surface area contributed by atoms with E-state index in [4.69, 9.17) is 14.6 Å². The maximum atomic E-state index is 12.6. The zero-order chi connectivity index (χ0) is 18.9. The summed E-state index contributed by atoms with van der Waals surface area (Å²) in [5.74, 6) is 0.179. The number of hydrogen-bond donors (Lipinski definition) is 2. The Labute approximate surface area is 151 Å². The van der Waals surface area contributed by atoms with Gasteiger partial charge in [-0.2, -0.15) is 0 Å². The first-order chi connectivity index (χ1) is 12.6. The first kappa shape index (κ1) is 19.3. The number of rotatable bonds is 4. The quantitative estimate of drug-likeness (QED) is 0.633. The van der Waals surface area contributed by atoms with Gasteiger partial charge in [0.1, 0.15) is 0 Å². The second-order valence-electron chi connectivity index (χ2n) is 5.81. The van der Waals surface area contributed by atoms with Gasteiger partial charge in [0.05, 0.1) is 18.0 Å². The number of carbonyl (C=O) groups is 2. The van der Waals surface area contributed by atoms with Gasteiger partial charge >= 0.3 is 0 Å². The molecule has 26 heavy (non-hydrogen) atoms. The molecule has 0 unspecified atom stereocenters. The molecule has 0 aliphatic carbocycles. The minimum Gasteiger partial charge on any atom is -0.483 e. The standard InChI is InChI=1S/C17H20N4O2.CH2O2/c1-3-23-16-13-5-4-8-18-14(13)11-19-15(16)17(22)20-12-6-9-21(2)10-7-12;2-1-3/h3-5,8,11-12H,1,6-7,9-10H2,2H3,(H,20,22);1H,(H,2,3). The molecule has 2 aromatic heterocycles. The van der Waals surface area contributed by atoms with Gasteiger partial charge in [0.2, 0.25) is 0 Å². The molecule has 1 fully saturated rings. The maximum absolute atomic E-state index is 12.6. The Bertz CT molecular complexity index is 773. The summed E-state index contributed by atoms with van der Waals surface area (Å²) in [7, 11) is 2.09. The van der Waals surface area contributed by atoms with E-state index in [1.54, 1.807) is 18.5 Å². The van der Waals surface area contributed by atoms with E-state index in [0.29, 0.717) is 11.3 Å². The SMILES string of the molecule is C=COc1c(C(=O)NC2CCN(C)CC2)ncc2ncccc12.O=CO. The molecule has 0 bridgehead atoms.